The summed E-state index contributed by atoms with van der Waals surface area (Å²) in [4.78, 5) is 1.35. The van der Waals surface area contributed by atoms with Crippen molar-refractivity contribution in [1.29, 1.82) is 0 Å². The van der Waals surface area contributed by atoms with Crippen LogP contribution in [-0.4, -0.2) is 22.6 Å². The van der Waals surface area contributed by atoms with Crippen LogP contribution in [0.3, 0.4) is 0 Å². The van der Waals surface area contributed by atoms with Crippen LogP contribution < -0.4 is 5.32 Å². The average molecular weight is 275 g/mol. The molecule has 102 valence electrons. The third-order valence-corrected chi connectivity index (χ3v) is 4.52. The Bertz CT molecular complexity index is 522. The molecule has 0 fully saturated rings. The zero-order chi connectivity index (χ0) is 13.7. The lowest BCUT2D eigenvalue weighted by Crippen LogP contribution is -2.22. The molecule has 0 aliphatic carbocycles. The van der Waals surface area contributed by atoms with Crippen molar-refractivity contribution in [3.63, 3.8) is 0 Å². The van der Waals surface area contributed by atoms with Crippen LogP contribution >= 0.6 is 11.8 Å². The van der Waals surface area contributed by atoms with Crippen molar-refractivity contribution in [2.75, 3.05) is 12.8 Å². The van der Waals surface area contributed by atoms with Gasteiger partial charge in [0.15, 0.2) is 0 Å². The quantitative estimate of drug-likeness (QED) is 0.821. The number of hydrogen-bond acceptors (Lipinski definition) is 3. The van der Waals surface area contributed by atoms with Crippen molar-refractivity contribution in [2.45, 2.75) is 31.3 Å². The van der Waals surface area contributed by atoms with Gasteiger partial charge >= 0.3 is 0 Å². The summed E-state index contributed by atoms with van der Waals surface area (Å²) in [7, 11) is 2.01. The van der Waals surface area contributed by atoms with E-state index >= 15 is 0 Å². The number of thioether (sulfide) groups is 1. The van der Waals surface area contributed by atoms with Crippen LogP contribution in [0.15, 0.2) is 41.4 Å². The van der Waals surface area contributed by atoms with Crippen molar-refractivity contribution in [3.05, 3.63) is 47.8 Å². The molecule has 1 unspecified atom stereocenters. The molecule has 2 aromatic rings. The first-order valence-electron chi connectivity index (χ1n) is 6.63. The highest BCUT2D eigenvalue weighted by Crippen LogP contribution is 2.26. The zero-order valence-electron chi connectivity index (χ0n) is 11.8. The number of aryl methyl sites for hydroxylation is 2. The van der Waals surface area contributed by atoms with Crippen LogP contribution in [0.25, 0.3) is 0 Å². The predicted octanol–water partition coefficient (Wildman–Crippen LogP) is 3.26. The Morgan fingerprint density at radius 2 is 2.11 bits per heavy atom. The monoisotopic (exact) mass is 275 g/mol. The number of nitrogens with one attached hydrogen (secondary N) is 1. The summed E-state index contributed by atoms with van der Waals surface area (Å²) in [6.07, 6.45) is 1.88. The van der Waals surface area contributed by atoms with Crippen LogP contribution in [0.5, 0.6) is 0 Å². The maximum atomic E-state index is 4.34. The van der Waals surface area contributed by atoms with E-state index in [1.807, 2.05) is 25.0 Å². The molecule has 1 N–H and O–H groups in total. The zero-order valence-corrected chi connectivity index (χ0v) is 12.6. The van der Waals surface area contributed by atoms with E-state index in [2.05, 4.69) is 59.3 Å². The first-order valence-corrected chi connectivity index (χ1v) is 7.62. The smallest absolute Gasteiger partial charge is 0.0584 e. The van der Waals surface area contributed by atoms with Gasteiger partial charge in [-0.3, -0.25) is 4.68 Å². The highest BCUT2D eigenvalue weighted by atomic mass is 32.2. The van der Waals surface area contributed by atoms with Gasteiger partial charge < -0.3 is 5.32 Å². The standard InChI is InChI=1S/C15H21N3S/c1-4-18-14(9-10-17-18)13(16-3)11-19-15-8-6-5-7-12(15)2/h5-10,13,16H,4,11H2,1-3H3. The molecular formula is C15H21N3S. The van der Waals surface area contributed by atoms with Crippen molar-refractivity contribution >= 4 is 11.8 Å². The second-order valence-corrected chi connectivity index (χ2v) is 5.55. The van der Waals surface area contributed by atoms with Crippen LogP contribution in [0.2, 0.25) is 0 Å². The fourth-order valence-corrected chi connectivity index (χ4v) is 3.27. The molecule has 3 nitrogen and oxygen atoms in total. The van der Waals surface area contributed by atoms with E-state index in [1.54, 1.807) is 0 Å². The second kappa shape index (κ2) is 6.78. The summed E-state index contributed by atoms with van der Waals surface area (Å²) in [6, 6.07) is 11.0. The summed E-state index contributed by atoms with van der Waals surface area (Å²) >= 11 is 1.89. The molecule has 0 saturated heterocycles. The molecular weight excluding hydrogens is 254 g/mol. The Balaban J connectivity index is 2.06. The molecule has 0 aliphatic heterocycles. The summed E-state index contributed by atoms with van der Waals surface area (Å²) in [5.41, 5.74) is 2.59. The number of nitrogens with zero attached hydrogens (tertiary/aromatic N) is 2. The molecule has 1 heterocycles. The summed E-state index contributed by atoms with van der Waals surface area (Å²) < 4.78 is 2.06. The van der Waals surface area contributed by atoms with Gasteiger partial charge in [0.25, 0.3) is 0 Å². The van der Waals surface area contributed by atoms with E-state index in [4.69, 9.17) is 0 Å². The highest BCUT2D eigenvalue weighted by Gasteiger charge is 2.14. The molecule has 0 aliphatic rings. The van der Waals surface area contributed by atoms with E-state index in [-0.39, 0.29) is 0 Å². The SMILES string of the molecule is CCn1nccc1C(CSc1ccccc1C)NC. The number of rotatable bonds is 6. The van der Waals surface area contributed by atoms with Crippen molar-refractivity contribution in [2.24, 2.45) is 0 Å². The first kappa shape index (κ1) is 14.2. The van der Waals surface area contributed by atoms with Crippen LogP contribution in [0.4, 0.5) is 0 Å². The van der Waals surface area contributed by atoms with Crippen molar-refractivity contribution in [1.82, 2.24) is 15.1 Å². The lowest BCUT2D eigenvalue weighted by atomic mass is 10.2. The number of benzene rings is 1. The van der Waals surface area contributed by atoms with Gasteiger partial charge in [0.1, 0.15) is 0 Å². The molecule has 1 atom stereocenters. The summed E-state index contributed by atoms with van der Waals surface area (Å²) in [5, 5.41) is 7.73. The molecule has 2 rings (SSSR count). The second-order valence-electron chi connectivity index (χ2n) is 4.49. The molecule has 1 aromatic carbocycles. The summed E-state index contributed by atoms with van der Waals surface area (Å²) in [6.45, 7) is 5.19. The minimum absolute atomic E-state index is 0.326. The van der Waals surface area contributed by atoms with Gasteiger partial charge in [-0.05, 0) is 38.6 Å². The van der Waals surface area contributed by atoms with E-state index in [0.29, 0.717) is 6.04 Å². The van der Waals surface area contributed by atoms with Gasteiger partial charge in [0, 0.05) is 23.4 Å². The van der Waals surface area contributed by atoms with E-state index in [1.165, 1.54) is 16.2 Å². The minimum Gasteiger partial charge on any atom is -0.311 e. The normalized spacial score (nSPS) is 12.6. The first-order chi connectivity index (χ1) is 9.26. The average Bonchev–Trinajstić information content (AvgIpc) is 2.90. The van der Waals surface area contributed by atoms with Gasteiger partial charge in [0.2, 0.25) is 0 Å². The topological polar surface area (TPSA) is 29.9 Å². The Labute approximate surface area is 119 Å². The minimum atomic E-state index is 0.326. The maximum absolute atomic E-state index is 4.34. The number of hydrogen-bond donors (Lipinski definition) is 1. The Morgan fingerprint density at radius 3 is 2.79 bits per heavy atom. The Morgan fingerprint density at radius 1 is 1.32 bits per heavy atom. The van der Waals surface area contributed by atoms with Crippen molar-refractivity contribution in [3.8, 4) is 0 Å². The van der Waals surface area contributed by atoms with Gasteiger partial charge in [-0.25, -0.2) is 0 Å². The third-order valence-electron chi connectivity index (χ3n) is 3.25. The predicted molar refractivity (Wildman–Crippen MR) is 81.6 cm³/mol. The third kappa shape index (κ3) is 3.39. The van der Waals surface area contributed by atoms with E-state index in [9.17, 15) is 0 Å². The Kier molecular flexibility index (Phi) is 5.05. The van der Waals surface area contributed by atoms with Crippen LogP contribution in [0, 0.1) is 6.92 Å². The van der Waals surface area contributed by atoms with E-state index < -0.39 is 0 Å². The molecule has 1 aromatic heterocycles. The largest absolute Gasteiger partial charge is 0.311 e. The fourth-order valence-electron chi connectivity index (χ4n) is 2.11. The van der Waals surface area contributed by atoms with Gasteiger partial charge in [-0.2, -0.15) is 5.10 Å². The maximum Gasteiger partial charge on any atom is 0.0584 e. The lowest BCUT2D eigenvalue weighted by molar-refractivity contribution is 0.549. The molecule has 19 heavy (non-hydrogen) atoms. The number of aromatic nitrogens is 2. The lowest BCUT2D eigenvalue weighted by Gasteiger charge is -2.17. The van der Waals surface area contributed by atoms with E-state index in [0.717, 1.165) is 12.3 Å². The molecule has 0 amide bonds. The van der Waals surface area contributed by atoms with Crippen LogP contribution in [-0.2, 0) is 6.54 Å². The molecule has 0 spiro atoms. The van der Waals surface area contributed by atoms with Gasteiger partial charge in [0.05, 0.1) is 11.7 Å². The summed E-state index contributed by atoms with van der Waals surface area (Å²) in [5.74, 6) is 1.01. The molecule has 4 heteroatoms. The van der Waals surface area contributed by atoms with Crippen molar-refractivity contribution < 1.29 is 0 Å². The van der Waals surface area contributed by atoms with Gasteiger partial charge in [-0.15, -0.1) is 11.8 Å². The molecule has 0 bridgehead atoms. The highest BCUT2D eigenvalue weighted by molar-refractivity contribution is 7.99. The van der Waals surface area contributed by atoms with Gasteiger partial charge in [-0.1, -0.05) is 18.2 Å². The molecule has 0 radical (unpaired) electrons. The molecule has 0 saturated carbocycles. The Hall–Kier alpha value is -1.26. The fraction of sp³-hybridized carbons (Fsp3) is 0.400. The van der Waals surface area contributed by atoms with Crippen LogP contribution in [0.1, 0.15) is 24.2 Å².